The fourth-order valence-corrected chi connectivity index (χ4v) is 1.31. The number of urea groups is 1. The fraction of sp³-hybridized carbons (Fsp3) is 0.364. The van der Waals surface area contributed by atoms with Crippen LogP contribution in [0.15, 0.2) is 24.3 Å². The summed E-state index contributed by atoms with van der Waals surface area (Å²) in [7, 11) is 1.74. The number of anilines is 1. The Morgan fingerprint density at radius 1 is 1.44 bits per heavy atom. The lowest BCUT2D eigenvalue weighted by atomic mass is 10.3. The molecule has 0 aromatic heterocycles. The van der Waals surface area contributed by atoms with Crippen molar-refractivity contribution in [1.29, 1.82) is 0 Å². The van der Waals surface area contributed by atoms with E-state index in [0.717, 1.165) is 12.1 Å². The van der Waals surface area contributed by atoms with Crippen LogP contribution in [0.5, 0.6) is 0 Å². The van der Waals surface area contributed by atoms with Crippen molar-refractivity contribution in [2.75, 3.05) is 25.5 Å². The predicted octanol–water partition coefficient (Wildman–Crippen LogP) is 2.15. The first-order chi connectivity index (χ1) is 7.63. The molecule has 3 N–H and O–H groups in total. The average molecular weight is 242 g/mol. The highest BCUT2D eigenvalue weighted by atomic mass is 35.5. The maximum Gasteiger partial charge on any atom is 0.321 e. The van der Waals surface area contributed by atoms with Gasteiger partial charge in [0.2, 0.25) is 0 Å². The number of amides is 2. The van der Waals surface area contributed by atoms with E-state index in [9.17, 15) is 4.79 Å². The zero-order chi connectivity index (χ0) is 12.0. The summed E-state index contributed by atoms with van der Waals surface area (Å²) in [6.45, 7) is 1.23. The van der Waals surface area contributed by atoms with Crippen molar-refractivity contribution in [3.05, 3.63) is 29.3 Å². The second-order valence-electron chi connectivity index (χ2n) is 3.50. The summed E-state index contributed by atoms with van der Waals surface area (Å²) >= 11 is 5.74. The number of nitrogens with one attached hydrogen (secondary N) is 1. The normalized spacial score (nSPS) is 9.94. The Morgan fingerprint density at radius 2 is 2.06 bits per heavy atom. The molecule has 2 amide bonds. The first kappa shape index (κ1) is 12.8. The van der Waals surface area contributed by atoms with Crippen molar-refractivity contribution >= 4 is 23.3 Å². The molecule has 0 spiro atoms. The van der Waals surface area contributed by atoms with E-state index in [4.69, 9.17) is 17.3 Å². The zero-order valence-electron chi connectivity index (χ0n) is 9.24. The Morgan fingerprint density at radius 3 is 2.62 bits per heavy atom. The van der Waals surface area contributed by atoms with E-state index in [-0.39, 0.29) is 6.03 Å². The van der Waals surface area contributed by atoms with Gasteiger partial charge < -0.3 is 16.0 Å². The van der Waals surface area contributed by atoms with Crippen LogP contribution in [0, 0.1) is 0 Å². The first-order valence-corrected chi connectivity index (χ1v) is 5.49. The second-order valence-corrected chi connectivity index (χ2v) is 3.94. The van der Waals surface area contributed by atoms with Crippen LogP contribution in [0.3, 0.4) is 0 Å². The van der Waals surface area contributed by atoms with Gasteiger partial charge in [0.25, 0.3) is 0 Å². The SMILES string of the molecule is CN(CCCN)C(=O)Nc1ccc(Cl)cc1. The van der Waals surface area contributed by atoms with Crippen molar-refractivity contribution < 1.29 is 4.79 Å². The topological polar surface area (TPSA) is 58.4 Å². The highest BCUT2D eigenvalue weighted by Crippen LogP contribution is 2.13. The van der Waals surface area contributed by atoms with Crippen molar-refractivity contribution in [2.24, 2.45) is 5.73 Å². The third kappa shape index (κ3) is 4.08. The molecule has 1 aromatic rings. The molecule has 16 heavy (non-hydrogen) atoms. The molecule has 0 heterocycles. The predicted molar refractivity (Wildman–Crippen MR) is 66.8 cm³/mol. The molecule has 0 aliphatic heterocycles. The lowest BCUT2D eigenvalue weighted by Gasteiger charge is -2.17. The molecule has 0 saturated heterocycles. The van der Waals surface area contributed by atoms with Gasteiger partial charge in [-0.15, -0.1) is 0 Å². The number of benzene rings is 1. The summed E-state index contributed by atoms with van der Waals surface area (Å²) in [4.78, 5) is 13.2. The van der Waals surface area contributed by atoms with Gasteiger partial charge in [-0.1, -0.05) is 11.6 Å². The molecule has 0 aliphatic carbocycles. The van der Waals surface area contributed by atoms with Crippen LogP contribution in [0.4, 0.5) is 10.5 Å². The van der Waals surface area contributed by atoms with E-state index in [2.05, 4.69) is 5.32 Å². The van der Waals surface area contributed by atoms with Gasteiger partial charge in [0.15, 0.2) is 0 Å². The summed E-state index contributed by atoms with van der Waals surface area (Å²) in [6.07, 6.45) is 0.796. The number of hydrogen-bond acceptors (Lipinski definition) is 2. The maximum absolute atomic E-state index is 11.6. The van der Waals surface area contributed by atoms with Gasteiger partial charge in [-0.2, -0.15) is 0 Å². The second kappa shape index (κ2) is 6.35. The minimum atomic E-state index is -0.143. The van der Waals surface area contributed by atoms with Gasteiger partial charge in [-0.05, 0) is 37.2 Å². The van der Waals surface area contributed by atoms with E-state index < -0.39 is 0 Å². The van der Waals surface area contributed by atoms with E-state index in [1.165, 1.54) is 0 Å². The number of nitrogens with zero attached hydrogens (tertiary/aromatic N) is 1. The van der Waals surface area contributed by atoms with Gasteiger partial charge in [-0.25, -0.2) is 4.79 Å². The van der Waals surface area contributed by atoms with Crippen LogP contribution < -0.4 is 11.1 Å². The van der Waals surface area contributed by atoms with Crippen LogP contribution in [-0.4, -0.2) is 31.1 Å². The molecule has 0 unspecified atom stereocenters. The van der Waals surface area contributed by atoms with Crippen LogP contribution in [-0.2, 0) is 0 Å². The lowest BCUT2D eigenvalue weighted by Crippen LogP contribution is -2.32. The van der Waals surface area contributed by atoms with E-state index in [1.54, 1.807) is 36.2 Å². The van der Waals surface area contributed by atoms with Crippen LogP contribution in [0.1, 0.15) is 6.42 Å². The molecule has 4 nitrogen and oxygen atoms in total. The Hall–Kier alpha value is -1.26. The molecular formula is C11H16ClN3O. The number of nitrogens with two attached hydrogens (primary N) is 1. The summed E-state index contributed by atoms with van der Waals surface area (Å²) in [5.74, 6) is 0. The fourth-order valence-electron chi connectivity index (χ4n) is 1.18. The van der Waals surface area contributed by atoms with Gasteiger partial charge >= 0.3 is 6.03 Å². The molecule has 0 saturated carbocycles. The van der Waals surface area contributed by atoms with Crippen LogP contribution >= 0.6 is 11.6 Å². The highest BCUT2D eigenvalue weighted by molar-refractivity contribution is 6.30. The summed E-state index contributed by atoms with van der Waals surface area (Å²) in [6, 6.07) is 6.85. The molecule has 5 heteroatoms. The third-order valence-corrected chi connectivity index (χ3v) is 2.39. The Bertz CT molecular complexity index is 340. The van der Waals surface area contributed by atoms with E-state index >= 15 is 0 Å². The summed E-state index contributed by atoms with van der Waals surface area (Å²) < 4.78 is 0. The minimum Gasteiger partial charge on any atom is -0.330 e. The number of hydrogen-bond donors (Lipinski definition) is 2. The van der Waals surface area contributed by atoms with E-state index in [1.807, 2.05) is 0 Å². The molecule has 88 valence electrons. The maximum atomic E-state index is 11.6. The highest BCUT2D eigenvalue weighted by Gasteiger charge is 2.07. The molecule has 0 radical (unpaired) electrons. The number of carbonyl (C=O) groups excluding carboxylic acids is 1. The van der Waals surface area contributed by atoms with E-state index in [0.29, 0.717) is 18.1 Å². The molecule has 0 atom stereocenters. The molecule has 0 aliphatic rings. The Kier molecular flexibility index (Phi) is 5.08. The quantitative estimate of drug-likeness (QED) is 0.849. The first-order valence-electron chi connectivity index (χ1n) is 5.11. The van der Waals surface area contributed by atoms with Gasteiger partial charge in [0, 0.05) is 24.3 Å². The minimum absolute atomic E-state index is 0.143. The smallest absolute Gasteiger partial charge is 0.321 e. The largest absolute Gasteiger partial charge is 0.330 e. The van der Waals surface area contributed by atoms with Gasteiger partial charge in [0.1, 0.15) is 0 Å². The van der Waals surface area contributed by atoms with Crippen molar-refractivity contribution in [2.45, 2.75) is 6.42 Å². The molecule has 1 rings (SSSR count). The number of rotatable bonds is 4. The molecular weight excluding hydrogens is 226 g/mol. The standard InChI is InChI=1S/C11H16ClN3O/c1-15(8-2-7-13)11(16)14-10-5-3-9(12)4-6-10/h3-6H,2,7-8,13H2,1H3,(H,14,16). The Balaban J connectivity index is 2.47. The number of halogens is 1. The molecule has 0 fully saturated rings. The van der Waals surface area contributed by atoms with Gasteiger partial charge in [0.05, 0.1) is 0 Å². The summed E-state index contributed by atoms with van der Waals surface area (Å²) in [5, 5.41) is 3.41. The zero-order valence-corrected chi connectivity index (χ0v) is 10.00. The summed E-state index contributed by atoms with van der Waals surface area (Å²) in [5.41, 5.74) is 6.10. The van der Waals surface area contributed by atoms with Crippen molar-refractivity contribution in [3.8, 4) is 0 Å². The average Bonchev–Trinajstić information content (AvgIpc) is 2.29. The van der Waals surface area contributed by atoms with Crippen LogP contribution in [0.25, 0.3) is 0 Å². The monoisotopic (exact) mass is 241 g/mol. The molecule has 1 aromatic carbocycles. The van der Waals surface area contributed by atoms with Gasteiger partial charge in [-0.3, -0.25) is 0 Å². The molecule has 0 bridgehead atoms. The number of carbonyl (C=O) groups is 1. The Labute approximate surface area is 100 Å². The van der Waals surface area contributed by atoms with Crippen LogP contribution in [0.2, 0.25) is 5.02 Å². The third-order valence-electron chi connectivity index (χ3n) is 2.14. The lowest BCUT2D eigenvalue weighted by molar-refractivity contribution is 0.222. The van der Waals surface area contributed by atoms with Crippen molar-refractivity contribution in [3.63, 3.8) is 0 Å². The van der Waals surface area contributed by atoms with Crippen molar-refractivity contribution in [1.82, 2.24) is 4.90 Å².